The molecule has 5 aromatic rings. The Hall–Kier alpha value is -2.78. The summed E-state index contributed by atoms with van der Waals surface area (Å²) in [4.78, 5) is 0.193. The number of furan rings is 2. The molecule has 0 radical (unpaired) electrons. The summed E-state index contributed by atoms with van der Waals surface area (Å²) in [7, 11) is 0. The molecule has 26 heavy (non-hydrogen) atoms. The highest BCUT2D eigenvalue weighted by Gasteiger charge is 2.24. The number of allylic oxidation sites excluding steroid dienone is 1. The van der Waals surface area contributed by atoms with Crippen LogP contribution in [-0.4, -0.2) is 0 Å². The molecule has 2 nitrogen and oxygen atoms in total. The van der Waals surface area contributed by atoms with Crippen molar-refractivity contribution in [2.24, 2.45) is 0 Å². The monoisotopic (exact) mass is 400 g/mol. The minimum atomic E-state index is 0.193. The fourth-order valence-electron chi connectivity index (χ4n) is 3.99. The Bertz CT molecular complexity index is 1350. The average Bonchev–Trinajstić information content (AvgIpc) is 3.33. The van der Waals surface area contributed by atoms with Gasteiger partial charge in [-0.05, 0) is 41.5 Å². The van der Waals surface area contributed by atoms with Crippen LogP contribution in [0.4, 0.5) is 0 Å². The Kier molecular flexibility index (Phi) is 2.83. The Morgan fingerprint density at radius 1 is 0.769 bits per heavy atom. The third-order valence-corrected chi connectivity index (χ3v) is 5.92. The van der Waals surface area contributed by atoms with Crippen LogP contribution in [0.15, 0.2) is 75.6 Å². The smallest absolute Gasteiger partial charge is 0.135 e. The molecule has 0 amide bonds. The van der Waals surface area contributed by atoms with Gasteiger partial charge >= 0.3 is 0 Å². The Morgan fingerprint density at radius 2 is 1.62 bits per heavy atom. The summed E-state index contributed by atoms with van der Waals surface area (Å²) in [6, 6.07) is 20.9. The van der Waals surface area contributed by atoms with Gasteiger partial charge in [0.05, 0.1) is 4.83 Å². The molecule has 0 saturated heterocycles. The number of halogens is 1. The molecule has 0 saturated carbocycles. The highest BCUT2D eigenvalue weighted by atomic mass is 79.9. The van der Waals surface area contributed by atoms with Crippen LogP contribution in [0.5, 0.6) is 0 Å². The molecule has 1 aliphatic rings. The number of para-hydroxylation sites is 1. The quantitative estimate of drug-likeness (QED) is 0.273. The SMILES string of the molecule is BrC1C=Cc2oc3cccc(-c4ccc5oc6ccccc6c5c4)c3c21. The van der Waals surface area contributed by atoms with E-state index in [-0.39, 0.29) is 4.83 Å². The fourth-order valence-corrected chi connectivity index (χ4v) is 4.60. The zero-order valence-corrected chi connectivity index (χ0v) is 15.3. The maximum absolute atomic E-state index is 6.05. The third kappa shape index (κ3) is 1.86. The van der Waals surface area contributed by atoms with Crippen molar-refractivity contribution in [2.75, 3.05) is 0 Å². The molecule has 3 heteroatoms. The van der Waals surface area contributed by atoms with E-state index in [2.05, 4.69) is 64.5 Å². The standard InChI is InChI=1S/C23H13BrO2/c24-17-9-11-21-23(17)22-14(5-3-7-20(22)26-21)13-8-10-19-16(12-13)15-4-1-2-6-18(15)25-19/h1-12,17H. The van der Waals surface area contributed by atoms with E-state index in [1.54, 1.807) is 0 Å². The van der Waals surface area contributed by atoms with E-state index in [0.29, 0.717) is 0 Å². The first kappa shape index (κ1) is 14.4. The van der Waals surface area contributed by atoms with Gasteiger partial charge in [-0.3, -0.25) is 0 Å². The summed E-state index contributed by atoms with van der Waals surface area (Å²) < 4.78 is 12.0. The topological polar surface area (TPSA) is 26.3 Å². The lowest BCUT2D eigenvalue weighted by Crippen LogP contribution is -1.85. The van der Waals surface area contributed by atoms with Gasteiger partial charge in [0.15, 0.2) is 0 Å². The summed E-state index contributed by atoms with van der Waals surface area (Å²) in [5.74, 6) is 0.948. The lowest BCUT2D eigenvalue weighted by atomic mass is 9.97. The van der Waals surface area contributed by atoms with Crippen molar-refractivity contribution < 1.29 is 8.83 Å². The van der Waals surface area contributed by atoms with Gasteiger partial charge < -0.3 is 8.83 Å². The highest BCUT2D eigenvalue weighted by Crippen LogP contribution is 2.45. The van der Waals surface area contributed by atoms with Crippen LogP contribution < -0.4 is 0 Å². The van der Waals surface area contributed by atoms with Crippen LogP contribution in [0, 0.1) is 0 Å². The van der Waals surface area contributed by atoms with Crippen molar-refractivity contribution in [1.29, 1.82) is 0 Å². The summed E-state index contributed by atoms with van der Waals surface area (Å²) >= 11 is 3.75. The van der Waals surface area contributed by atoms with Crippen LogP contribution in [0.1, 0.15) is 16.2 Å². The van der Waals surface area contributed by atoms with Gasteiger partial charge in [-0.25, -0.2) is 0 Å². The molecule has 6 rings (SSSR count). The highest BCUT2D eigenvalue weighted by molar-refractivity contribution is 9.09. The normalized spacial score (nSPS) is 16.1. The van der Waals surface area contributed by atoms with Crippen LogP contribution in [0.2, 0.25) is 0 Å². The molecule has 1 unspecified atom stereocenters. The van der Waals surface area contributed by atoms with Crippen LogP contribution in [0.3, 0.4) is 0 Å². The van der Waals surface area contributed by atoms with E-state index >= 15 is 0 Å². The van der Waals surface area contributed by atoms with Crippen molar-refractivity contribution in [3.63, 3.8) is 0 Å². The van der Waals surface area contributed by atoms with Crippen molar-refractivity contribution in [3.8, 4) is 11.1 Å². The average molecular weight is 401 g/mol. The molecule has 124 valence electrons. The number of alkyl halides is 1. The lowest BCUT2D eigenvalue weighted by Gasteiger charge is -2.07. The maximum atomic E-state index is 6.05. The Morgan fingerprint density at radius 3 is 2.58 bits per heavy atom. The molecular weight excluding hydrogens is 388 g/mol. The molecule has 0 spiro atoms. The second-order valence-corrected chi connectivity index (χ2v) is 7.62. The first-order chi connectivity index (χ1) is 12.8. The molecule has 3 aromatic carbocycles. The molecule has 1 aliphatic carbocycles. The van der Waals surface area contributed by atoms with Crippen molar-refractivity contribution in [3.05, 3.63) is 78.1 Å². The van der Waals surface area contributed by atoms with Gasteiger partial charge in [-0.2, -0.15) is 0 Å². The van der Waals surface area contributed by atoms with Gasteiger partial charge in [0.1, 0.15) is 22.5 Å². The van der Waals surface area contributed by atoms with Gasteiger partial charge in [-0.1, -0.05) is 58.4 Å². The largest absolute Gasteiger partial charge is 0.456 e. The number of hydrogen-bond donors (Lipinski definition) is 0. The van der Waals surface area contributed by atoms with E-state index in [1.165, 1.54) is 22.1 Å². The van der Waals surface area contributed by atoms with E-state index in [1.807, 2.05) is 24.3 Å². The summed E-state index contributed by atoms with van der Waals surface area (Å²) in [6.45, 7) is 0. The van der Waals surface area contributed by atoms with E-state index < -0.39 is 0 Å². The predicted octanol–water partition coefficient (Wildman–Crippen LogP) is 7.46. The fraction of sp³-hybridized carbons (Fsp3) is 0.0435. The first-order valence-electron chi connectivity index (χ1n) is 8.59. The molecule has 0 aliphatic heterocycles. The van der Waals surface area contributed by atoms with Gasteiger partial charge in [-0.15, -0.1) is 0 Å². The summed E-state index contributed by atoms with van der Waals surface area (Å²) in [6.07, 6.45) is 4.17. The molecule has 2 aromatic heterocycles. The molecule has 1 atom stereocenters. The third-order valence-electron chi connectivity index (χ3n) is 5.16. The number of rotatable bonds is 1. The Labute approximate surface area is 157 Å². The van der Waals surface area contributed by atoms with Crippen molar-refractivity contribution in [1.82, 2.24) is 0 Å². The first-order valence-corrected chi connectivity index (χ1v) is 9.50. The number of fused-ring (bicyclic) bond motifs is 6. The van der Waals surface area contributed by atoms with E-state index in [4.69, 9.17) is 8.83 Å². The van der Waals surface area contributed by atoms with Crippen LogP contribution >= 0.6 is 15.9 Å². The van der Waals surface area contributed by atoms with Gasteiger partial charge in [0.25, 0.3) is 0 Å². The molecular formula is C23H13BrO2. The zero-order valence-electron chi connectivity index (χ0n) is 13.7. The second kappa shape index (κ2) is 5.12. The zero-order chi connectivity index (χ0) is 17.3. The van der Waals surface area contributed by atoms with Gasteiger partial charge in [0.2, 0.25) is 0 Å². The van der Waals surface area contributed by atoms with Crippen LogP contribution in [-0.2, 0) is 0 Å². The summed E-state index contributed by atoms with van der Waals surface area (Å²) in [5, 5.41) is 3.47. The second-order valence-electron chi connectivity index (χ2n) is 6.63. The minimum absolute atomic E-state index is 0.193. The number of benzene rings is 3. The lowest BCUT2D eigenvalue weighted by molar-refractivity contribution is 0.602. The van der Waals surface area contributed by atoms with Crippen molar-refractivity contribution in [2.45, 2.75) is 4.83 Å². The molecule has 2 heterocycles. The van der Waals surface area contributed by atoms with E-state index in [0.717, 1.165) is 33.3 Å². The van der Waals surface area contributed by atoms with Gasteiger partial charge in [0, 0.05) is 21.7 Å². The molecule has 0 bridgehead atoms. The molecule has 0 N–H and O–H groups in total. The predicted molar refractivity (Wildman–Crippen MR) is 110 cm³/mol. The van der Waals surface area contributed by atoms with Crippen molar-refractivity contribution >= 4 is 54.9 Å². The molecule has 0 fully saturated rings. The van der Waals surface area contributed by atoms with E-state index in [9.17, 15) is 0 Å². The van der Waals surface area contributed by atoms with Crippen LogP contribution in [0.25, 0.3) is 50.1 Å². The minimum Gasteiger partial charge on any atom is -0.456 e. The maximum Gasteiger partial charge on any atom is 0.135 e. The summed E-state index contributed by atoms with van der Waals surface area (Å²) in [5.41, 5.74) is 6.34. The number of hydrogen-bond acceptors (Lipinski definition) is 2. The Balaban J connectivity index is 1.67.